The number of rotatable bonds is 4. The summed E-state index contributed by atoms with van der Waals surface area (Å²) in [7, 11) is 0. The predicted octanol–water partition coefficient (Wildman–Crippen LogP) is 3.47. The molecule has 150 valence electrons. The highest BCUT2D eigenvalue weighted by Gasteiger charge is 2.33. The molecule has 0 aliphatic carbocycles. The Morgan fingerprint density at radius 2 is 2.21 bits per heavy atom. The smallest absolute Gasteiger partial charge is 0.320 e. The number of anilines is 2. The number of carbonyl (C=O) groups is 1. The average Bonchev–Trinajstić information content (AvgIpc) is 3.14. The van der Waals surface area contributed by atoms with Gasteiger partial charge in [-0.25, -0.2) is 14.8 Å². The standard InChI is InChI=1S/C19H20ClN7OS/c1-12-8-18(29-26-12)25-19(28)24-16-5-7-27(17-4-6-21-11-23-17)10-14(16)15-3-2-13(20)9-22-15/h2-4,6,8-9,11,14,16H,5,7,10H2,1H3,(H2,24,25,28)/t14-,16+/m0/s1. The van der Waals surface area contributed by atoms with Gasteiger partial charge in [0.05, 0.1) is 10.7 Å². The molecule has 1 aliphatic heterocycles. The van der Waals surface area contributed by atoms with Gasteiger partial charge in [-0.1, -0.05) is 11.6 Å². The van der Waals surface area contributed by atoms with E-state index in [4.69, 9.17) is 11.6 Å². The second-order valence-electron chi connectivity index (χ2n) is 6.85. The summed E-state index contributed by atoms with van der Waals surface area (Å²) in [5.41, 5.74) is 1.76. The molecular weight excluding hydrogens is 410 g/mol. The van der Waals surface area contributed by atoms with Crippen molar-refractivity contribution < 1.29 is 4.79 Å². The Bertz CT molecular complexity index is 966. The van der Waals surface area contributed by atoms with Gasteiger partial charge in [-0.05, 0) is 49.1 Å². The minimum Gasteiger partial charge on any atom is -0.356 e. The van der Waals surface area contributed by atoms with Gasteiger partial charge in [-0.15, -0.1) is 0 Å². The number of carbonyl (C=O) groups excluding carboxylic acids is 1. The third kappa shape index (κ3) is 4.80. The molecule has 0 bridgehead atoms. The summed E-state index contributed by atoms with van der Waals surface area (Å²) >= 11 is 7.28. The summed E-state index contributed by atoms with van der Waals surface area (Å²) in [6, 6.07) is 7.16. The highest BCUT2D eigenvalue weighted by atomic mass is 35.5. The normalized spacial score (nSPS) is 19.0. The third-order valence-electron chi connectivity index (χ3n) is 4.81. The van der Waals surface area contributed by atoms with E-state index in [1.54, 1.807) is 18.7 Å². The number of pyridine rings is 1. The molecule has 3 aromatic heterocycles. The fraction of sp³-hybridized carbons (Fsp3) is 0.316. The van der Waals surface area contributed by atoms with Gasteiger partial charge in [0.2, 0.25) is 0 Å². The van der Waals surface area contributed by atoms with Crippen LogP contribution in [0, 0.1) is 6.92 Å². The Labute approximate surface area is 177 Å². The Kier molecular flexibility index (Phi) is 5.86. The number of urea groups is 1. The van der Waals surface area contributed by atoms with Gasteiger partial charge in [0.15, 0.2) is 0 Å². The SMILES string of the molecule is Cc1cc(NC(=O)N[C@@H]2CCN(c3ccncn3)C[C@H]2c2ccc(Cl)cn2)sn1. The van der Waals surface area contributed by atoms with Crippen LogP contribution in [0.25, 0.3) is 0 Å². The van der Waals surface area contributed by atoms with E-state index < -0.39 is 0 Å². The van der Waals surface area contributed by atoms with Crippen LogP contribution in [0.15, 0.2) is 43.0 Å². The molecule has 0 saturated carbocycles. The number of hydrogen-bond donors (Lipinski definition) is 2. The number of nitrogens with one attached hydrogen (secondary N) is 2. The summed E-state index contributed by atoms with van der Waals surface area (Å²) in [5, 5.41) is 7.28. The van der Waals surface area contributed by atoms with Crippen molar-refractivity contribution in [3.8, 4) is 0 Å². The van der Waals surface area contributed by atoms with E-state index in [2.05, 4.69) is 34.9 Å². The average molecular weight is 430 g/mol. The third-order valence-corrected chi connectivity index (χ3v) is 5.83. The zero-order chi connectivity index (χ0) is 20.2. The highest BCUT2D eigenvalue weighted by Crippen LogP contribution is 2.29. The summed E-state index contributed by atoms with van der Waals surface area (Å²) in [5.74, 6) is 0.854. The maximum Gasteiger partial charge on any atom is 0.320 e. The Morgan fingerprint density at radius 3 is 2.90 bits per heavy atom. The molecule has 29 heavy (non-hydrogen) atoms. The lowest BCUT2D eigenvalue weighted by Gasteiger charge is -2.39. The van der Waals surface area contributed by atoms with Crippen LogP contribution in [0.5, 0.6) is 0 Å². The molecule has 1 aliphatic rings. The quantitative estimate of drug-likeness (QED) is 0.659. The predicted molar refractivity (Wildman–Crippen MR) is 114 cm³/mol. The van der Waals surface area contributed by atoms with Gasteiger partial charge >= 0.3 is 6.03 Å². The van der Waals surface area contributed by atoms with Gasteiger partial charge in [-0.3, -0.25) is 10.3 Å². The van der Waals surface area contributed by atoms with Crippen LogP contribution in [0.1, 0.15) is 23.7 Å². The molecule has 8 nitrogen and oxygen atoms in total. The molecule has 0 unspecified atom stereocenters. The molecule has 2 N–H and O–H groups in total. The van der Waals surface area contributed by atoms with Crippen molar-refractivity contribution in [2.45, 2.75) is 25.3 Å². The number of piperidine rings is 1. The number of amides is 2. The van der Waals surface area contributed by atoms with Crippen molar-refractivity contribution in [2.75, 3.05) is 23.3 Å². The van der Waals surface area contributed by atoms with E-state index in [0.717, 1.165) is 35.2 Å². The minimum absolute atomic E-state index is 0.00933. The Balaban J connectivity index is 1.51. The van der Waals surface area contributed by atoms with Gasteiger partial charge in [0, 0.05) is 43.1 Å². The van der Waals surface area contributed by atoms with Crippen LogP contribution in [0.2, 0.25) is 5.02 Å². The molecule has 2 atom stereocenters. The number of hydrogen-bond acceptors (Lipinski definition) is 7. The molecule has 0 aromatic carbocycles. The second kappa shape index (κ2) is 8.71. The van der Waals surface area contributed by atoms with Crippen molar-refractivity contribution in [1.29, 1.82) is 0 Å². The topological polar surface area (TPSA) is 95.9 Å². The summed E-state index contributed by atoms with van der Waals surface area (Å²) in [6.07, 6.45) is 5.66. The number of halogens is 1. The van der Waals surface area contributed by atoms with E-state index in [1.807, 2.05) is 31.2 Å². The summed E-state index contributed by atoms with van der Waals surface area (Å²) in [4.78, 5) is 27.6. The largest absolute Gasteiger partial charge is 0.356 e. The molecule has 0 radical (unpaired) electrons. The first-order chi connectivity index (χ1) is 14.1. The van der Waals surface area contributed by atoms with Gasteiger partial charge < -0.3 is 10.2 Å². The molecular formula is C19H20ClN7OS. The minimum atomic E-state index is -0.243. The summed E-state index contributed by atoms with van der Waals surface area (Å²) in [6.45, 7) is 3.34. The Hall–Kier alpha value is -2.78. The lowest BCUT2D eigenvalue weighted by Crippen LogP contribution is -2.51. The summed E-state index contributed by atoms with van der Waals surface area (Å²) < 4.78 is 4.19. The number of aromatic nitrogens is 4. The van der Waals surface area contributed by atoms with E-state index in [1.165, 1.54) is 11.5 Å². The van der Waals surface area contributed by atoms with Crippen LogP contribution < -0.4 is 15.5 Å². The van der Waals surface area contributed by atoms with E-state index in [9.17, 15) is 4.79 Å². The maximum atomic E-state index is 12.6. The van der Waals surface area contributed by atoms with Crippen molar-refractivity contribution in [2.24, 2.45) is 0 Å². The fourth-order valence-electron chi connectivity index (χ4n) is 3.45. The molecule has 1 saturated heterocycles. The fourth-order valence-corrected chi connectivity index (χ4v) is 4.22. The van der Waals surface area contributed by atoms with E-state index >= 15 is 0 Å². The first kappa shape index (κ1) is 19.5. The molecule has 10 heteroatoms. The number of aryl methyl sites for hydroxylation is 1. The van der Waals surface area contributed by atoms with E-state index in [0.29, 0.717) is 11.6 Å². The lowest BCUT2D eigenvalue weighted by atomic mass is 9.89. The molecule has 3 aromatic rings. The molecule has 4 heterocycles. The van der Waals surface area contributed by atoms with E-state index in [-0.39, 0.29) is 18.0 Å². The lowest BCUT2D eigenvalue weighted by molar-refractivity contribution is 0.243. The van der Waals surface area contributed by atoms with Crippen LogP contribution in [-0.4, -0.2) is 44.5 Å². The maximum absolute atomic E-state index is 12.6. The monoisotopic (exact) mass is 429 g/mol. The highest BCUT2D eigenvalue weighted by molar-refractivity contribution is 7.10. The van der Waals surface area contributed by atoms with Crippen molar-refractivity contribution in [3.05, 3.63) is 59.4 Å². The van der Waals surface area contributed by atoms with Crippen molar-refractivity contribution in [3.63, 3.8) is 0 Å². The molecule has 4 rings (SSSR count). The van der Waals surface area contributed by atoms with Crippen LogP contribution in [-0.2, 0) is 0 Å². The van der Waals surface area contributed by atoms with Gasteiger partial charge in [-0.2, -0.15) is 4.37 Å². The van der Waals surface area contributed by atoms with Gasteiger partial charge in [0.1, 0.15) is 17.1 Å². The van der Waals surface area contributed by atoms with Crippen LogP contribution in [0.3, 0.4) is 0 Å². The Morgan fingerprint density at radius 1 is 1.31 bits per heavy atom. The zero-order valence-electron chi connectivity index (χ0n) is 15.7. The van der Waals surface area contributed by atoms with Crippen LogP contribution >= 0.6 is 23.1 Å². The van der Waals surface area contributed by atoms with Crippen LogP contribution in [0.4, 0.5) is 15.6 Å². The van der Waals surface area contributed by atoms with Crippen molar-refractivity contribution >= 4 is 40.0 Å². The molecule has 2 amide bonds. The number of nitrogens with zero attached hydrogens (tertiary/aromatic N) is 5. The second-order valence-corrected chi connectivity index (χ2v) is 8.09. The first-order valence-corrected chi connectivity index (χ1v) is 10.4. The van der Waals surface area contributed by atoms with Gasteiger partial charge in [0.25, 0.3) is 0 Å². The first-order valence-electron chi connectivity index (χ1n) is 9.22. The molecule has 0 spiro atoms. The zero-order valence-corrected chi connectivity index (χ0v) is 17.3. The van der Waals surface area contributed by atoms with Crippen molar-refractivity contribution in [1.82, 2.24) is 24.6 Å². The molecule has 1 fully saturated rings.